The summed E-state index contributed by atoms with van der Waals surface area (Å²) in [7, 11) is 0. The van der Waals surface area contributed by atoms with E-state index in [1.807, 2.05) is 0 Å². The van der Waals surface area contributed by atoms with Crippen molar-refractivity contribution in [3.8, 4) is 23.0 Å². The van der Waals surface area contributed by atoms with Crippen LogP contribution in [0.15, 0.2) is 41.5 Å². The normalized spacial score (nSPS) is 10.7. The van der Waals surface area contributed by atoms with E-state index in [9.17, 15) is 25.2 Å². The maximum atomic E-state index is 11.7. The van der Waals surface area contributed by atoms with Gasteiger partial charge in [-0.15, -0.1) is 0 Å². The number of para-hydroxylation sites is 1. The van der Waals surface area contributed by atoms with Crippen molar-refractivity contribution in [1.82, 2.24) is 5.43 Å². The van der Waals surface area contributed by atoms with Crippen molar-refractivity contribution in [2.75, 3.05) is 0 Å². The summed E-state index contributed by atoms with van der Waals surface area (Å²) >= 11 is 0. The Balaban J connectivity index is 2.10. The average Bonchev–Trinajstić information content (AvgIpc) is 2.45. The molecular weight excluding hydrogens is 276 g/mol. The Hall–Kier alpha value is -3.22. The van der Waals surface area contributed by atoms with Crippen molar-refractivity contribution >= 4 is 12.1 Å². The molecule has 0 saturated heterocycles. The fourth-order valence-electron chi connectivity index (χ4n) is 1.59. The molecule has 0 bridgehead atoms. The summed E-state index contributed by atoms with van der Waals surface area (Å²) < 4.78 is 0. The van der Waals surface area contributed by atoms with Gasteiger partial charge in [0, 0.05) is 5.56 Å². The van der Waals surface area contributed by atoms with Gasteiger partial charge in [0.25, 0.3) is 5.91 Å². The highest BCUT2D eigenvalue weighted by atomic mass is 16.3. The van der Waals surface area contributed by atoms with Crippen LogP contribution >= 0.6 is 0 Å². The number of phenolic OH excluding ortho intramolecular Hbond substituents is 4. The van der Waals surface area contributed by atoms with Crippen LogP contribution in [0.1, 0.15) is 15.9 Å². The maximum absolute atomic E-state index is 11.7. The quantitative estimate of drug-likeness (QED) is 0.331. The van der Waals surface area contributed by atoms with Crippen molar-refractivity contribution < 1.29 is 25.2 Å². The zero-order valence-corrected chi connectivity index (χ0v) is 10.7. The first-order chi connectivity index (χ1) is 9.99. The summed E-state index contributed by atoms with van der Waals surface area (Å²) in [6.07, 6.45) is 1.16. The van der Waals surface area contributed by atoms with Crippen LogP contribution in [0.5, 0.6) is 23.0 Å². The molecular formula is C14H12N2O5. The summed E-state index contributed by atoms with van der Waals surface area (Å²) in [5, 5.41) is 40.9. The van der Waals surface area contributed by atoms with Crippen LogP contribution in [0.3, 0.4) is 0 Å². The standard InChI is InChI=1S/C14H12N2O5/c17-10-4-2-1-3-9(10)14(21)16-15-7-8-5-11(18)13(20)12(19)6-8/h1-7,17-20H,(H,16,21)/b15-7+. The summed E-state index contributed by atoms with van der Waals surface area (Å²) in [6.45, 7) is 0. The second kappa shape index (κ2) is 5.83. The molecule has 0 atom stereocenters. The van der Waals surface area contributed by atoms with E-state index < -0.39 is 23.2 Å². The number of carbonyl (C=O) groups excluding carboxylic acids is 1. The SMILES string of the molecule is O=C(N/N=C/c1cc(O)c(O)c(O)c1)c1ccccc1O. The lowest BCUT2D eigenvalue weighted by Gasteiger charge is -2.03. The highest BCUT2D eigenvalue weighted by molar-refractivity contribution is 5.97. The van der Waals surface area contributed by atoms with Crippen molar-refractivity contribution in [1.29, 1.82) is 0 Å². The van der Waals surface area contributed by atoms with Crippen molar-refractivity contribution in [2.45, 2.75) is 0 Å². The summed E-state index contributed by atoms with van der Waals surface area (Å²) in [5.41, 5.74) is 2.51. The van der Waals surface area contributed by atoms with E-state index in [4.69, 9.17) is 0 Å². The monoisotopic (exact) mass is 288 g/mol. The Labute approximate surface area is 119 Å². The number of rotatable bonds is 3. The summed E-state index contributed by atoms with van der Waals surface area (Å²) in [5.74, 6) is -2.45. The highest BCUT2D eigenvalue weighted by Gasteiger charge is 2.09. The van der Waals surface area contributed by atoms with Gasteiger partial charge in [-0.3, -0.25) is 4.79 Å². The average molecular weight is 288 g/mol. The lowest BCUT2D eigenvalue weighted by Crippen LogP contribution is -2.17. The van der Waals surface area contributed by atoms with Crippen molar-refractivity contribution in [2.24, 2.45) is 5.10 Å². The molecule has 2 aromatic rings. The number of carbonyl (C=O) groups is 1. The molecule has 0 saturated carbocycles. The largest absolute Gasteiger partial charge is 0.507 e. The predicted octanol–water partition coefficient (Wildman–Crippen LogP) is 1.27. The van der Waals surface area contributed by atoms with Gasteiger partial charge in [-0.1, -0.05) is 12.1 Å². The zero-order chi connectivity index (χ0) is 15.4. The minimum absolute atomic E-state index is 0.0612. The summed E-state index contributed by atoms with van der Waals surface area (Å²) in [6, 6.07) is 8.29. The van der Waals surface area contributed by atoms with Gasteiger partial charge in [0.2, 0.25) is 0 Å². The molecule has 0 unspecified atom stereocenters. The number of aromatic hydroxyl groups is 4. The smallest absolute Gasteiger partial charge is 0.275 e. The van der Waals surface area contributed by atoms with E-state index in [0.29, 0.717) is 0 Å². The second-order valence-electron chi connectivity index (χ2n) is 4.12. The molecule has 0 radical (unpaired) electrons. The first-order valence-corrected chi connectivity index (χ1v) is 5.85. The Morgan fingerprint density at radius 2 is 1.62 bits per heavy atom. The van der Waals surface area contributed by atoms with Crippen molar-refractivity contribution in [3.63, 3.8) is 0 Å². The van der Waals surface area contributed by atoms with Crippen LogP contribution in [-0.2, 0) is 0 Å². The Bertz CT molecular complexity index is 689. The molecule has 0 aromatic heterocycles. The zero-order valence-electron chi connectivity index (χ0n) is 10.7. The van der Waals surface area contributed by atoms with Gasteiger partial charge in [-0.25, -0.2) is 5.43 Å². The minimum Gasteiger partial charge on any atom is -0.507 e. The van der Waals surface area contributed by atoms with Crippen molar-refractivity contribution in [3.05, 3.63) is 47.5 Å². The third-order valence-corrected chi connectivity index (χ3v) is 2.62. The van der Waals surface area contributed by atoms with E-state index >= 15 is 0 Å². The second-order valence-corrected chi connectivity index (χ2v) is 4.12. The molecule has 0 aliphatic carbocycles. The first-order valence-electron chi connectivity index (χ1n) is 5.85. The number of amides is 1. The van der Waals surface area contributed by atoms with E-state index in [1.54, 1.807) is 12.1 Å². The van der Waals surface area contributed by atoms with Gasteiger partial charge >= 0.3 is 0 Å². The van der Waals surface area contributed by atoms with Crippen LogP contribution in [0.2, 0.25) is 0 Å². The van der Waals surface area contributed by atoms with Crippen LogP contribution in [-0.4, -0.2) is 32.5 Å². The molecule has 7 heteroatoms. The topological polar surface area (TPSA) is 122 Å². The summed E-state index contributed by atoms with van der Waals surface area (Å²) in [4.78, 5) is 11.7. The van der Waals surface area contributed by atoms with Gasteiger partial charge < -0.3 is 20.4 Å². The van der Waals surface area contributed by atoms with Gasteiger partial charge in [-0.05, 0) is 24.3 Å². The Morgan fingerprint density at radius 3 is 2.24 bits per heavy atom. The molecule has 108 valence electrons. The number of nitrogens with one attached hydrogen (secondary N) is 1. The van der Waals surface area contributed by atoms with Gasteiger partial charge in [0.05, 0.1) is 11.8 Å². The number of hydrazone groups is 1. The molecule has 21 heavy (non-hydrogen) atoms. The molecule has 1 amide bonds. The predicted molar refractivity (Wildman–Crippen MR) is 74.6 cm³/mol. The fourth-order valence-corrected chi connectivity index (χ4v) is 1.59. The Morgan fingerprint density at radius 1 is 1.00 bits per heavy atom. The van der Waals surface area contributed by atoms with Crippen LogP contribution in [0, 0.1) is 0 Å². The molecule has 0 aliphatic heterocycles. The molecule has 2 rings (SSSR count). The van der Waals surface area contributed by atoms with E-state index in [0.717, 1.165) is 18.3 Å². The molecule has 0 spiro atoms. The van der Waals surface area contributed by atoms with E-state index in [-0.39, 0.29) is 16.9 Å². The first kappa shape index (κ1) is 14.2. The lowest BCUT2D eigenvalue weighted by molar-refractivity contribution is 0.0952. The molecule has 7 nitrogen and oxygen atoms in total. The fraction of sp³-hybridized carbons (Fsp3) is 0. The number of phenols is 4. The molecule has 5 N–H and O–H groups in total. The number of hydrogen-bond donors (Lipinski definition) is 5. The number of nitrogens with zero attached hydrogens (tertiary/aromatic N) is 1. The maximum Gasteiger partial charge on any atom is 0.275 e. The number of benzene rings is 2. The van der Waals surface area contributed by atoms with Gasteiger partial charge in [0.15, 0.2) is 17.2 Å². The molecule has 0 aliphatic rings. The van der Waals surface area contributed by atoms with Gasteiger partial charge in [0.1, 0.15) is 5.75 Å². The number of hydrogen-bond acceptors (Lipinski definition) is 6. The highest BCUT2D eigenvalue weighted by Crippen LogP contribution is 2.34. The molecule has 2 aromatic carbocycles. The molecule has 0 heterocycles. The third kappa shape index (κ3) is 3.21. The van der Waals surface area contributed by atoms with Crippen LogP contribution in [0.25, 0.3) is 0 Å². The lowest BCUT2D eigenvalue weighted by atomic mass is 10.2. The third-order valence-electron chi connectivity index (χ3n) is 2.62. The Kier molecular flexibility index (Phi) is 3.94. The molecule has 0 fully saturated rings. The van der Waals surface area contributed by atoms with E-state index in [2.05, 4.69) is 10.5 Å². The minimum atomic E-state index is -0.634. The van der Waals surface area contributed by atoms with E-state index in [1.165, 1.54) is 12.1 Å². The van der Waals surface area contributed by atoms with Gasteiger partial charge in [-0.2, -0.15) is 5.10 Å². The van der Waals surface area contributed by atoms with Crippen LogP contribution in [0.4, 0.5) is 0 Å². The van der Waals surface area contributed by atoms with Crippen LogP contribution < -0.4 is 5.43 Å².